The summed E-state index contributed by atoms with van der Waals surface area (Å²) in [6.45, 7) is 3.72. The molecule has 1 aromatic carbocycles. The molecule has 0 radical (unpaired) electrons. The molecule has 4 nitrogen and oxygen atoms in total. The van der Waals surface area contributed by atoms with Crippen LogP contribution in [0.2, 0.25) is 0 Å². The van der Waals surface area contributed by atoms with Crippen LogP contribution in [-0.4, -0.2) is 32.3 Å². The minimum absolute atomic E-state index is 0.154. The van der Waals surface area contributed by atoms with Gasteiger partial charge in [0.15, 0.2) is 0 Å². The van der Waals surface area contributed by atoms with Gasteiger partial charge in [-0.15, -0.1) is 0 Å². The van der Waals surface area contributed by atoms with Gasteiger partial charge in [-0.3, -0.25) is 0 Å². The highest BCUT2D eigenvalue weighted by atomic mass is 16.5. The molecule has 1 aromatic rings. The Balaban J connectivity index is 2.21. The van der Waals surface area contributed by atoms with Gasteiger partial charge < -0.3 is 15.4 Å². The van der Waals surface area contributed by atoms with E-state index in [1.54, 1.807) is 7.11 Å². The van der Waals surface area contributed by atoms with Gasteiger partial charge in [0.2, 0.25) is 0 Å². The lowest BCUT2D eigenvalue weighted by Gasteiger charge is -2.21. The number of nitrogens with one attached hydrogen (secondary N) is 2. The van der Waals surface area contributed by atoms with Crippen molar-refractivity contribution in [1.29, 1.82) is 5.26 Å². The molecule has 2 N–H and O–H groups in total. The molecule has 2 atom stereocenters. The number of hydrogen-bond donors (Lipinski definition) is 2. The first kappa shape index (κ1) is 11.9. The standard InChI is InChI=1S/C13H17N3O/c1-9-4-3-5-10(6-14)13(9)16-11-7-15-8-12(11)17-2/h3-5,11-12,15-16H,7-8H2,1-2H3/t11?,12-/m0/s1. The zero-order valence-corrected chi connectivity index (χ0v) is 10.2. The number of ether oxygens (including phenoxy) is 1. The van der Waals surface area contributed by atoms with E-state index in [2.05, 4.69) is 16.7 Å². The number of rotatable bonds is 3. The van der Waals surface area contributed by atoms with Gasteiger partial charge in [0, 0.05) is 20.2 Å². The van der Waals surface area contributed by atoms with Crippen molar-refractivity contribution in [1.82, 2.24) is 5.32 Å². The molecule has 1 unspecified atom stereocenters. The quantitative estimate of drug-likeness (QED) is 0.822. The molecule has 0 spiro atoms. The van der Waals surface area contributed by atoms with Crippen LogP contribution in [0.1, 0.15) is 11.1 Å². The van der Waals surface area contributed by atoms with E-state index < -0.39 is 0 Å². The Hall–Kier alpha value is -1.57. The second kappa shape index (κ2) is 5.17. The first-order valence-electron chi connectivity index (χ1n) is 5.76. The normalized spacial score (nSPS) is 23.4. The van der Waals surface area contributed by atoms with Crippen molar-refractivity contribution in [2.24, 2.45) is 0 Å². The fraction of sp³-hybridized carbons (Fsp3) is 0.462. The van der Waals surface area contributed by atoms with Crippen LogP contribution in [0.4, 0.5) is 5.69 Å². The lowest BCUT2D eigenvalue weighted by atomic mass is 10.1. The molecule has 0 amide bonds. The molecule has 0 aliphatic carbocycles. The van der Waals surface area contributed by atoms with Crippen molar-refractivity contribution in [3.63, 3.8) is 0 Å². The summed E-state index contributed by atoms with van der Waals surface area (Å²) in [5.41, 5.74) is 2.70. The molecule has 1 fully saturated rings. The third-order valence-electron chi connectivity index (χ3n) is 3.18. The zero-order valence-electron chi connectivity index (χ0n) is 10.2. The molecule has 1 heterocycles. The highest BCUT2D eigenvalue weighted by Crippen LogP contribution is 2.22. The lowest BCUT2D eigenvalue weighted by Crippen LogP contribution is -2.34. The fourth-order valence-corrected chi connectivity index (χ4v) is 2.18. The van der Waals surface area contributed by atoms with Crippen molar-refractivity contribution < 1.29 is 4.74 Å². The van der Waals surface area contributed by atoms with E-state index >= 15 is 0 Å². The summed E-state index contributed by atoms with van der Waals surface area (Å²) < 4.78 is 5.40. The SMILES string of the molecule is CO[C@H]1CNCC1Nc1c(C)cccc1C#N. The molecular weight excluding hydrogens is 214 g/mol. The van der Waals surface area contributed by atoms with E-state index in [1.165, 1.54) is 0 Å². The Morgan fingerprint density at radius 2 is 2.29 bits per heavy atom. The molecule has 2 rings (SSSR count). The summed E-state index contributed by atoms with van der Waals surface area (Å²) in [7, 11) is 1.72. The van der Waals surface area contributed by atoms with Gasteiger partial charge >= 0.3 is 0 Å². The molecule has 1 aliphatic rings. The topological polar surface area (TPSA) is 57.1 Å². The van der Waals surface area contributed by atoms with Crippen LogP contribution < -0.4 is 10.6 Å². The van der Waals surface area contributed by atoms with E-state index in [9.17, 15) is 0 Å². The van der Waals surface area contributed by atoms with Gasteiger partial charge in [0.05, 0.1) is 23.4 Å². The van der Waals surface area contributed by atoms with E-state index in [0.29, 0.717) is 5.56 Å². The minimum Gasteiger partial charge on any atom is -0.378 e. The number of hydrogen-bond acceptors (Lipinski definition) is 4. The third kappa shape index (κ3) is 2.41. The van der Waals surface area contributed by atoms with Crippen molar-refractivity contribution in [3.8, 4) is 6.07 Å². The van der Waals surface area contributed by atoms with Crippen LogP contribution >= 0.6 is 0 Å². The Morgan fingerprint density at radius 1 is 1.47 bits per heavy atom. The number of aryl methyl sites for hydroxylation is 1. The first-order valence-corrected chi connectivity index (χ1v) is 5.76. The first-order chi connectivity index (χ1) is 8.26. The number of benzene rings is 1. The van der Waals surface area contributed by atoms with Crippen molar-refractivity contribution in [3.05, 3.63) is 29.3 Å². The van der Waals surface area contributed by atoms with Crippen LogP contribution in [0.3, 0.4) is 0 Å². The van der Waals surface area contributed by atoms with E-state index in [4.69, 9.17) is 10.00 Å². The summed E-state index contributed by atoms with van der Waals surface area (Å²) in [5, 5.41) is 15.8. The molecule has 0 saturated carbocycles. The van der Waals surface area contributed by atoms with Gasteiger partial charge in [-0.2, -0.15) is 5.26 Å². The predicted octanol–water partition coefficient (Wildman–Crippen LogP) is 1.27. The van der Waals surface area contributed by atoms with Gasteiger partial charge in [-0.1, -0.05) is 12.1 Å². The molecule has 0 bridgehead atoms. The van der Waals surface area contributed by atoms with Gasteiger partial charge in [0.1, 0.15) is 6.07 Å². The number of nitrogens with zero attached hydrogens (tertiary/aromatic N) is 1. The maximum Gasteiger partial charge on any atom is 0.101 e. The number of para-hydroxylation sites is 1. The Morgan fingerprint density at radius 3 is 3.00 bits per heavy atom. The van der Waals surface area contributed by atoms with Crippen LogP contribution in [0.5, 0.6) is 0 Å². The second-order valence-corrected chi connectivity index (χ2v) is 4.29. The maximum atomic E-state index is 9.10. The second-order valence-electron chi connectivity index (χ2n) is 4.29. The van der Waals surface area contributed by atoms with E-state index in [1.807, 2.05) is 25.1 Å². The summed E-state index contributed by atoms with van der Waals surface area (Å²) in [6.07, 6.45) is 0.154. The third-order valence-corrected chi connectivity index (χ3v) is 3.18. The predicted molar refractivity (Wildman–Crippen MR) is 67.0 cm³/mol. The highest BCUT2D eigenvalue weighted by molar-refractivity contribution is 5.62. The van der Waals surface area contributed by atoms with Crippen LogP contribution in [0.15, 0.2) is 18.2 Å². The summed E-state index contributed by atoms with van der Waals surface area (Å²) in [4.78, 5) is 0. The van der Waals surface area contributed by atoms with Crippen LogP contribution in [0, 0.1) is 18.3 Å². The Bertz CT molecular complexity index is 439. The van der Waals surface area contributed by atoms with Gasteiger partial charge in [0.25, 0.3) is 0 Å². The number of methoxy groups -OCH3 is 1. The average molecular weight is 231 g/mol. The van der Waals surface area contributed by atoms with Crippen molar-refractivity contribution >= 4 is 5.69 Å². The maximum absolute atomic E-state index is 9.10. The molecule has 1 aliphatic heterocycles. The van der Waals surface area contributed by atoms with Gasteiger partial charge in [-0.25, -0.2) is 0 Å². The molecule has 17 heavy (non-hydrogen) atoms. The molecule has 4 heteroatoms. The van der Waals surface area contributed by atoms with Crippen LogP contribution in [-0.2, 0) is 4.74 Å². The lowest BCUT2D eigenvalue weighted by molar-refractivity contribution is 0.111. The van der Waals surface area contributed by atoms with Crippen molar-refractivity contribution in [2.45, 2.75) is 19.1 Å². The molecule has 0 aromatic heterocycles. The molecular formula is C13H17N3O. The van der Waals surface area contributed by atoms with E-state index in [0.717, 1.165) is 24.3 Å². The molecule has 1 saturated heterocycles. The molecule has 90 valence electrons. The van der Waals surface area contributed by atoms with Gasteiger partial charge in [-0.05, 0) is 18.6 Å². The van der Waals surface area contributed by atoms with E-state index in [-0.39, 0.29) is 12.1 Å². The average Bonchev–Trinajstić information content (AvgIpc) is 2.79. The summed E-state index contributed by atoms with van der Waals surface area (Å²) in [5.74, 6) is 0. The largest absolute Gasteiger partial charge is 0.378 e. The highest BCUT2D eigenvalue weighted by Gasteiger charge is 2.27. The van der Waals surface area contributed by atoms with Crippen molar-refractivity contribution in [2.75, 3.05) is 25.5 Å². The number of anilines is 1. The zero-order chi connectivity index (χ0) is 12.3. The minimum atomic E-state index is 0.154. The number of nitriles is 1. The Labute approximate surface area is 102 Å². The monoisotopic (exact) mass is 231 g/mol. The smallest absolute Gasteiger partial charge is 0.101 e. The Kier molecular flexibility index (Phi) is 3.62. The van der Waals surface area contributed by atoms with Crippen LogP contribution in [0.25, 0.3) is 0 Å². The summed E-state index contributed by atoms with van der Waals surface area (Å²) >= 11 is 0. The summed E-state index contributed by atoms with van der Waals surface area (Å²) in [6, 6.07) is 8.18. The fourth-order valence-electron chi connectivity index (χ4n) is 2.18.